The summed E-state index contributed by atoms with van der Waals surface area (Å²) in [7, 11) is 0. The van der Waals surface area contributed by atoms with Crippen LogP contribution in [0.4, 0.5) is 4.39 Å². The molecule has 0 unspecified atom stereocenters. The molecule has 0 saturated carbocycles. The van der Waals surface area contributed by atoms with Gasteiger partial charge >= 0.3 is 0 Å². The van der Waals surface area contributed by atoms with Crippen LogP contribution in [0.2, 0.25) is 0 Å². The van der Waals surface area contributed by atoms with Crippen molar-refractivity contribution in [1.82, 2.24) is 9.55 Å². The van der Waals surface area contributed by atoms with Gasteiger partial charge in [0.25, 0.3) is 0 Å². The summed E-state index contributed by atoms with van der Waals surface area (Å²) in [5.41, 5.74) is 1.81. The fourth-order valence-corrected chi connectivity index (χ4v) is 1.79. The Morgan fingerprint density at radius 3 is 2.79 bits per heavy atom. The zero-order valence-electron chi connectivity index (χ0n) is 10.8. The minimum Gasteiger partial charge on any atom is -0.369 e. The molecule has 1 aromatic carbocycles. The number of rotatable bonds is 7. The number of imidazole rings is 1. The first-order valence-electron chi connectivity index (χ1n) is 6.19. The second-order valence-corrected chi connectivity index (χ2v) is 4.20. The van der Waals surface area contributed by atoms with E-state index < -0.39 is 6.67 Å². The normalized spacial score (nSPS) is 10.6. The first-order valence-corrected chi connectivity index (χ1v) is 6.19. The summed E-state index contributed by atoms with van der Waals surface area (Å²) in [4.78, 5) is 4.21. The highest BCUT2D eigenvalue weighted by Gasteiger charge is 2.06. The molecule has 100 valence electrons. The van der Waals surface area contributed by atoms with E-state index in [1.54, 1.807) is 17.0 Å². The van der Waals surface area contributed by atoms with Crippen LogP contribution in [-0.2, 0) is 18.0 Å². The summed E-state index contributed by atoms with van der Waals surface area (Å²) in [6.07, 6.45) is 3.76. The first kappa shape index (κ1) is 13.5. The number of alkyl halides is 1. The molecule has 0 fully saturated rings. The molecule has 0 aliphatic carbocycles. The Morgan fingerprint density at radius 1 is 1.26 bits per heavy atom. The summed E-state index contributed by atoms with van der Waals surface area (Å²) >= 11 is 0. The van der Waals surface area contributed by atoms with Crippen molar-refractivity contribution in [3.05, 3.63) is 60.7 Å². The molecule has 2 aromatic rings. The Balaban J connectivity index is 1.90. The molecule has 0 N–H and O–H groups in total. The number of halogens is 1. The van der Waals surface area contributed by atoms with Gasteiger partial charge in [-0.1, -0.05) is 36.9 Å². The predicted molar refractivity (Wildman–Crippen MR) is 73.1 cm³/mol. The highest BCUT2D eigenvalue weighted by molar-refractivity contribution is 5.42. The Kier molecular flexibility index (Phi) is 4.86. The van der Waals surface area contributed by atoms with E-state index in [4.69, 9.17) is 4.74 Å². The minimum absolute atomic E-state index is 0.308. The smallest absolute Gasteiger partial charge is 0.139 e. The van der Waals surface area contributed by atoms with Gasteiger partial charge in [-0.2, -0.15) is 0 Å². The van der Waals surface area contributed by atoms with Crippen LogP contribution >= 0.6 is 0 Å². The van der Waals surface area contributed by atoms with E-state index in [9.17, 15) is 4.39 Å². The molecule has 1 aromatic heterocycles. The summed E-state index contributed by atoms with van der Waals surface area (Å²) in [6, 6.07) is 9.94. The molecule has 0 bridgehead atoms. The number of hydrogen-bond donors (Lipinski definition) is 0. The molecule has 1 heterocycles. The highest BCUT2D eigenvalue weighted by Crippen LogP contribution is 2.12. The minimum atomic E-state index is -0.415. The molecular formula is C15H17FN2O. The summed E-state index contributed by atoms with van der Waals surface area (Å²) in [6.45, 7) is 4.34. The number of ether oxygens (including phenoxy) is 1. The van der Waals surface area contributed by atoms with Crippen LogP contribution in [0.5, 0.6) is 0 Å². The van der Waals surface area contributed by atoms with Crippen LogP contribution < -0.4 is 0 Å². The number of hydrogen-bond acceptors (Lipinski definition) is 2. The zero-order valence-corrected chi connectivity index (χ0v) is 10.8. The molecule has 0 saturated heterocycles. The van der Waals surface area contributed by atoms with Crippen molar-refractivity contribution in [2.45, 2.75) is 19.6 Å². The van der Waals surface area contributed by atoms with Gasteiger partial charge in [0.2, 0.25) is 0 Å². The molecule has 3 nitrogen and oxygen atoms in total. The molecule has 0 atom stereocenters. The number of benzene rings is 1. The van der Waals surface area contributed by atoms with E-state index in [0.717, 1.165) is 11.4 Å². The SMILES string of the molecule is C=C(CCF)n1ccnc1COCc1ccccc1. The van der Waals surface area contributed by atoms with E-state index in [1.165, 1.54) is 0 Å². The number of aromatic nitrogens is 2. The van der Waals surface area contributed by atoms with Gasteiger partial charge in [-0.15, -0.1) is 0 Å². The van der Waals surface area contributed by atoms with E-state index in [1.807, 2.05) is 30.3 Å². The van der Waals surface area contributed by atoms with Gasteiger partial charge in [0.05, 0.1) is 13.3 Å². The van der Waals surface area contributed by atoms with Gasteiger partial charge in [0.1, 0.15) is 12.4 Å². The van der Waals surface area contributed by atoms with Gasteiger partial charge in [-0.25, -0.2) is 4.98 Å². The molecule has 0 radical (unpaired) electrons. The molecule has 19 heavy (non-hydrogen) atoms. The van der Waals surface area contributed by atoms with Crippen LogP contribution in [-0.4, -0.2) is 16.2 Å². The van der Waals surface area contributed by atoms with E-state index in [2.05, 4.69) is 11.6 Å². The predicted octanol–water partition coefficient (Wildman–Crippen LogP) is 3.43. The summed E-state index contributed by atoms with van der Waals surface area (Å²) in [5, 5.41) is 0. The molecule has 0 amide bonds. The van der Waals surface area contributed by atoms with Crippen molar-refractivity contribution in [1.29, 1.82) is 0 Å². The lowest BCUT2D eigenvalue weighted by Crippen LogP contribution is -2.04. The van der Waals surface area contributed by atoms with Gasteiger partial charge in [0, 0.05) is 24.5 Å². The third kappa shape index (κ3) is 3.76. The van der Waals surface area contributed by atoms with Crippen LogP contribution in [0.15, 0.2) is 49.3 Å². The van der Waals surface area contributed by atoms with Crippen LogP contribution in [0.3, 0.4) is 0 Å². The topological polar surface area (TPSA) is 27.1 Å². The molecule has 0 aliphatic heterocycles. The van der Waals surface area contributed by atoms with Crippen molar-refractivity contribution in [2.24, 2.45) is 0 Å². The lowest BCUT2D eigenvalue weighted by atomic mass is 10.2. The lowest BCUT2D eigenvalue weighted by Gasteiger charge is -2.10. The molecule has 0 spiro atoms. The third-order valence-electron chi connectivity index (χ3n) is 2.78. The van der Waals surface area contributed by atoms with Crippen LogP contribution in [0.25, 0.3) is 5.70 Å². The maximum atomic E-state index is 12.3. The van der Waals surface area contributed by atoms with E-state index in [0.29, 0.717) is 25.3 Å². The second kappa shape index (κ2) is 6.85. The summed E-state index contributed by atoms with van der Waals surface area (Å²) in [5.74, 6) is 0.745. The largest absolute Gasteiger partial charge is 0.369 e. The maximum Gasteiger partial charge on any atom is 0.139 e. The van der Waals surface area contributed by atoms with E-state index >= 15 is 0 Å². The monoisotopic (exact) mass is 260 g/mol. The molecular weight excluding hydrogens is 243 g/mol. The first-order chi connectivity index (χ1) is 9.31. The Hall–Kier alpha value is -1.94. The zero-order chi connectivity index (χ0) is 13.5. The van der Waals surface area contributed by atoms with Crippen molar-refractivity contribution < 1.29 is 9.13 Å². The van der Waals surface area contributed by atoms with Gasteiger partial charge in [0.15, 0.2) is 0 Å². The second-order valence-electron chi connectivity index (χ2n) is 4.20. The Morgan fingerprint density at radius 2 is 2.05 bits per heavy atom. The number of nitrogens with zero attached hydrogens (tertiary/aromatic N) is 2. The Bertz CT molecular complexity index is 522. The lowest BCUT2D eigenvalue weighted by molar-refractivity contribution is 0.101. The molecule has 0 aliphatic rings. The van der Waals surface area contributed by atoms with E-state index in [-0.39, 0.29) is 0 Å². The van der Waals surface area contributed by atoms with Crippen molar-refractivity contribution in [3.63, 3.8) is 0 Å². The average Bonchev–Trinajstić information content (AvgIpc) is 2.89. The van der Waals surface area contributed by atoms with Gasteiger partial charge in [-0.05, 0) is 5.56 Å². The fraction of sp³-hybridized carbons (Fsp3) is 0.267. The van der Waals surface area contributed by atoms with Gasteiger partial charge < -0.3 is 9.30 Å². The van der Waals surface area contributed by atoms with Crippen molar-refractivity contribution in [3.8, 4) is 0 Å². The quantitative estimate of drug-likeness (QED) is 0.762. The summed E-state index contributed by atoms with van der Waals surface area (Å²) < 4.78 is 19.7. The van der Waals surface area contributed by atoms with Crippen molar-refractivity contribution >= 4 is 5.70 Å². The van der Waals surface area contributed by atoms with Crippen LogP contribution in [0.1, 0.15) is 17.8 Å². The fourth-order valence-electron chi connectivity index (χ4n) is 1.79. The molecule has 2 rings (SSSR count). The maximum absolute atomic E-state index is 12.3. The average molecular weight is 260 g/mol. The highest BCUT2D eigenvalue weighted by atomic mass is 19.1. The van der Waals surface area contributed by atoms with Crippen LogP contribution in [0, 0.1) is 0 Å². The standard InChI is InChI=1S/C15H17FN2O/c1-13(7-8-16)18-10-9-17-15(18)12-19-11-14-5-3-2-4-6-14/h2-6,9-10H,1,7-8,11-12H2. The third-order valence-corrected chi connectivity index (χ3v) is 2.78. The van der Waals surface area contributed by atoms with Gasteiger partial charge in [-0.3, -0.25) is 4.39 Å². The Labute approximate surface area is 112 Å². The molecule has 4 heteroatoms. The van der Waals surface area contributed by atoms with Crippen molar-refractivity contribution in [2.75, 3.05) is 6.67 Å². The number of allylic oxidation sites excluding steroid dienone is 1.